The number of fused-ring (bicyclic) bond motifs is 1. The molecule has 0 bridgehead atoms. The van der Waals surface area contributed by atoms with E-state index in [1.54, 1.807) is 6.92 Å². The first-order valence-electron chi connectivity index (χ1n) is 6.80. The summed E-state index contributed by atoms with van der Waals surface area (Å²) in [5.41, 5.74) is -0.340. The number of likely N-dealkylation sites (tertiary alicyclic amines) is 2. The second-order valence-electron chi connectivity index (χ2n) is 6.80. The van der Waals surface area contributed by atoms with Gasteiger partial charge in [0.1, 0.15) is 0 Å². The first-order chi connectivity index (χ1) is 8.21. The lowest BCUT2D eigenvalue weighted by Gasteiger charge is -2.34. The number of hydrogen-bond donors (Lipinski definition) is 0. The second kappa shape index (κ2) is 4.25. The lowest BCUT2D eigenvalue weighted by molar-refractivity contribution is -0.143. The zero-order valence-corrected chi connectivity index (χ0v) is 12.1. The third-order valence-corrected chi connectivity index (χ3v) is 4.20. The zero-order chi connectivity index (χ0) is 13.7. The molecule has 102 valence electrons. The van der Waals surface area contributed by atoms with E-state index in [9.17, 15) is 9.59 Å². The second-order valence-corrected chi connectivity index (χ2v) is 6.80. The molecule has 2 heterocycles. The van der Waals surface area contributed by atoms with Crippen LogP contribution in [0.15, 0.2) is 0 Å². The Morgan fingerprint density at radius 1 is 1.17 bits per heavy atom. The normalized spacial score (nSPS) is 31.7. The molecule has 0 N–H and O–H groups in total. The molecule has 2 aliphatic rings. The van der Waals surface area contributed by atoms with Gasteiger partial charge in [-0.05, 0) is 13.3 Å². The summed E-state index contributed by atoms with van der Waals surface area (Å²) < 4.78 is 0. The van der Waals surface area contributed by atoms with E-state index >= 15 is 0 Å². The summed E-state index contributed by atoms with van der Waals surface area (Å²) in [6, 6.07) is 0.538. The molecule has 0 saturated carbocycles. The molecule has 2 amide bonds. The highest BCUT2D eigenvalue weighted by atomic mass is 16.2. The van der Waals surface area contributed by atoms with Crippen molar-refractivity contribution in [2.24, 2.45) is 11.3 Å². The zero-order valence-electron chi connectivity index (χ0n) is 12.1. The maximum atomic E-state index is 12.5. The van der Waals surface area contributed by atoms with Crippen LogP contribution in [0.1, 0.15) is 41.0 Å². The van der Waals surface area contributed by atoms with E-state index < -0.39 is 0 Å². The summed E-state index contributed by atoms with van der Waals surface area (Å²) in [5.74, 6) is 0.809. The van der Waals surface area contributed by atoms with E-state index in [0.717, 1.165) is 13.0 Å². The minimum atomic E-state index is -0.340. The molecule has 3 atom stereocenters. The lowest BCUT2D eigenvalue weighted by atomic mass is 9.93. The van der Waals surface area contributed by atoms with E-state index in [-0.39, 0.29) is 23.3 Å². The van der Waals surface area contributed by atoms with Crippen molar-refractivity contribution in [3.8, 4) is 0 Å². The molecule has 0 aromatic heterocycles. The van der Waals surface area contributed by atoms with E-state index in [2.05, 4.69) is 6.92 Å². The summed E-state index contributed by atoms with van der Waals surface area (Å²) in [5, 5.41) is 0. The SMILES string of the molecule is CC(=O)N1CC2CC(C)N(C(=O)C(C)(C)C)C2C1. The van der Waals surface area contributed by atoms with Crippen LogP contribution < -0.4 is 0 Å². The monoisotopic (exact) mass is 252 g/mol. The number of hydrogen-bond acceptors (Lipinski definition) is 2. The summed E-state index contributed by atoms with van der Waals surface area (Å²) >= 11 is 0. The lowest BCUT2D eigenvalue weighted by Crippen LogP contribution is -2.48. The molecule has 4 heteroatoms. The maximum Gasteiger partial charge on any atom is 0.228 e. The smallest absolute Gasteiger partial charge is 0.228 e. The number of carbonyl (C=O) groups excluding carboxylic acids is 2. The van der Waals surface area contributed by atoms with Gasteiger partial charge in [0.15, 0.2) is 0 Å². The Balaban J connectivity index is 2.17. The average Bonchev–Trinajstić information content (AvgIpc) is 2.71. The molecule has 4 nitrogen and oxygen atoms in total. The number of rotatable bonds is 0. The van der Waals surface area contributed by atoms with Gasteiger partial charge in [-0.15, -0.1) is 0 Å². The Kier molecular flexibility index (Phi) is 3.16. The van der Waals surface area contributed by atoms with Gasteiger partial charge in [0.2, 0.25) is 11.8 Å². The standard InChI is InChI=1S/C14H24N2O2/c1-9-6-11-7-15(10(2)17)8-12(11)16(9)13(18)14(3,4)5/h9,11-12H,6-8H2,1-5H3. The quantitative estimate of drug-likeness (QED) is 0.655. The summed E-state index contributed by atoms with van der Waals surface area (Å²) in [6.45, 7) is 11.2. The fourth-order valence-corrected chi connectivity index (χ4v) is 3.27. The highest BCUT2D eigenvalue weighted by molar-refractivity contribution is 5.83. The topological polar surface area (TPSA) is 40.6 Å². The van der Waals surface area contributed by atoms with Gasteiger partial charge in [-0.1, -0.05) is 20.8 Å². The molecular formula is C14H24N2O2. The van der Waals surface area contributed by atoms with E-state index in [1.165, 1.54) is 0 Å². The molecule has 0 spiro atoms. The van der Waals surface area contributed by atoms with Crippen LogP contribution in [0.3, 0.4) is 0 Å². The van der Waals surface area contributed by atoms with Crippen molar-refractivity contribution in [1.82, 2.24) is 9.80 Å². The molecule has 18 heavy (non-hydrogen) atoms. The Labute approximate surface area is 109 Å². The highest BCUT2D eigenvalue weighted by Gasteiger charge is 2.49. The van der Waals surface area contributed by atoms with Crippen LogP contribution >= 0.6 is 0 Å². The van der Waals surface area contributed by atoms with Gasteiger partial charge < -0.3 is 9.80 Å². The Hall–Kier alpha value is -1.06. The van der Waals surface area contributed by atoms with Crippen molar-refractivity contribution >= 4 is 11.8 Å². The molecule has 0 aromatic rings. The van der Waals surface area contributed by atoms with Crippen LogP contribution in [0.5, 0.6) is 0 Å². The molecule has 0 radical (unpaired) electrons. The molecule has 0 aliphatic carbocycles. The predicted octanol–water partition coefficient (Wildman–Crippen LogP) is 1.50. The van der Waals surface area contributed by atoms with Crippen LogP contribution in [0.25, 0.3) is 0 Å². The van der Waals surface area contributed by atoms with E-state index in [0.29, 0.717) is 18.5 Å². The molecule has 2 rings (SSSR count). The van der Waals surface area contributed by atoms with Crippen LogP contribution in [-0.4, -0.2) is 46.8 Å². The van der Waals surface area contributed by atoms with Crippen molar-refractivity contribution in [1.29, 1.82) is 0 Å². The minimum Gasteiger partial charge on any atom is -0.341 e. The number of nitrogens with zero attached hydrogens (tertiary/aromatic N) is 2. The highest BCUT2D eigenvalue weighted by Crippen LogP contribution is 2.38. The molecule has 2 aliphatic heterocycles. The predicted molar refractivity (Wildman–Crippen MR) is 69.9 cm³/mol. The Morgan fingerprint density at radius 3 is 2.28 bits per heavy atom. The van der Waals surface area contributed by atoms with Crippen molar-refractivity contribution < 1.29 is 9.59 Å². The van der Waals surface area contributed by atoms with Gasteiger partial charge in [-0.25, -0.2) is 0 Å². The van der Waals surface area contributed by atoms with Crippen molar-refractivity contribution in [3.63, 3.8) is 0 Å². The fourth-order valence-electron chi connectivity index (χ4n) is 3.27. The van der Waals surface area contributed by atoms with Gasteiger partial charge in [0, 0.05) is 37.4 Å². The molecule has 0 aromatic carbocycles. The number of amides is 2. The molecule has 2 fully saturated rings. The average molecular weight is 252 g/mol. The molecule has 3 unspecified atom stereocenters. The van der Waals surface area contributed by atoms with Gasteiger partial charge in [-0.2, -0.15) is 0 Å². The third kappa shape index (κ3) is 2.13. The molecule has 2 saturated heterocycles. The first kappa shape index (κ1) is 13.4. The van der Waals surface area contributed by atoms with Gasteiger partial charge in [0.05, 0.1) is 6.04 Å². The van der Waals surface area contributed by atoms with Gasteiger partial charge in [0.25, 0.3) is 0 Å². The third-order valence-electron chi connectivity index (χ3n) is 4.20. The van der Waals surface area contributed by atoms with Crippen LogP contribution in [-0.2, 0) is 9.59 Å². The van der Waals surface area contributed by atoms with Crippen molar-refractivity contribution in [2.75, 3.05) is 13.1 Å². The van der Waals surface area contributed by atoms with Crippen molar-refractivity contribution in [3.05, 3.63) is 0 Å². The maximum absolute atomic E-state index is 12.5. The summed E-state index contributed by atoms with van der Waals surface area (Å²) in [4.78, 5) is 27.9. The van der Waals surface area contributed by atoms with Crippen molar-refractivity contribution in [2.45, 2.75) is 53.1 Å². The molecular weight excluding hydrogens is 228 g/mol. The van der Waals surface area contributed by atoms with Crippen LogP contribution in [0.4, 0.5) is 0 Å². The number of carbonyl (C=O) groups is 2. The summed E-state index contributed by atoms with van der Waals surface area (Å²) in [6.07, 6.45) is 1.02. The van der Waals surface area contributed by atoms with Crippen LogP contribution in [0.2, 0.25) is 0 Å². The fraction of sp³-hybridized carbons (Fsp3) is 0.857. The Morgan fingerprint density at radius 2 is 1.78 bits per heavy atom. The summed E-state index contributed by atoms with van der Waals surface area (Å²) in [7, 11) is 0. The van der Waals surface area contributed by atoms with Crippen LogP contribution in [0, 0.1) is 11.3 Å². The largest absolute Gasteiger partial charge is 0.341 e. The first-order valence-corrected chi connectivity index (χ1v) is 6.80. The minimum absolute atomic E-state index is 0.125. The Bertz CT molecular complexity index is 372. The van der Waals surface area contributed by atoms with Gasteiger partial charge >= 0.3 is 0 Å². The van der Waals surface area contributed by atoms with E-state index in [1.807, 2.05) is 30.6 Å². The van der Waals surface area contributed by atoms with E-state index in [4.69, 9.17) is 0 Å². The van der Waals surface area contributed by atoms with Gasteiger partial charge in [-0.3, -0.25) is 9.59 Å².